The first-order valence-corrected chi connectivity index (χ1v) is 11.4. The van der Waals surface area contributed by atoms with Crippen LogP contribution >= 0.6 is 0 Å². The SMILES string of the molecule is COCCOCCOCCOc1ccc(Oc2c(C)cc(OCC(=O)O)cc2C)cc1C(C)C. The van der Waals surface area contributed by atoms with Gasteiger partial charge in [-0.15, -0.1) is 0 Å². The number of carboxylic acid groups (broad SMARTS) is 1. The highest BCUT2D eigenvalue weighted by atomic mass is 16.6. The van der Waals surface area contributed by atoms with Crippen molar-refractivity contribution in [1.82, 2.24) is 0 Å². The molecule has 0 amide bonds. The van der Waals surface area contributed by atoms with E-state index in [1.165, 1.54) is 0 Å². The molecule has 0 heterocycles. The average Bonchev–Trinajstić information content (AvgIpc) is 2.79. The van der Waals surface area contributed by atoms with Gasteiger partial charge in [0.2, 0.25) is 0 Å². The Morgan fingerprint density at radius 1 is 0.853 bits per heavy atom. The number of ether oxygens (including phenoxy) is 6. The number of rotatable bonds is 16. The van der Waals surface area contributed by atoms with Gasteiger partial charge in [0.1, 0.15) is 29.6 Å². The van der Waals surface area contributed by atoms with E-state index in [0.717, 1.165) is 22.4 Å². The first kappa shape index (κ1) is 27.4. The number of hydrogen-bond donors (Lipinski definition) is 1. The number of benzene rings is 2. The quantitative estimate of drug-likeness (QED) is 0.347. The van der Waals surface area contributed by atoms with Crippen molar-refractivity contribution in [3.63, 3.8) is 0 Å². The molecule has 2 aromatic carbocycles. The van der Waals surface area contributed by atoms with Crippen molar-refractivity contribution < 1.29 is 38.3 Å². The Morgan fingerprint density at radius 2 is 1.47 bits per heavy atom. The third-order valence-electron chi connectivity index (χ3n) is 4.91. The first-order chi connectivity index (χ1) is 16.3. The van der Waals surface area contributed by atoms with E-state index in [1.54, 1.807) is 19.2 Å². The van der Waals surface area contributed by atoms with Gasteiger partial charge in [-0.1, -0.05) is 13.8 Å². The molecule has 0 atom stereocenters. The largest absolute Gasteiger partial charge is 0.491 e. The summed E-state index contributed by atoms with van der Waals surface area (Å²) in [6.07, 6.45) is 0. The van der Waals surface area contributed by atoms with E-state index in [9.17, 15) is 4.79 Å². The number of carboxylic acids is 1. The minimum absolute atomic E-state index is 0.239. The molecular formula is C26H36O8. The van der Waals surface area contributed by atoms with Crippen LogP contribution in [0.4, 0.5) is 0 Å². The molecule has 0 saturated carbocycles. The van der Waals surface area contributed by atoms with Gasteiger partial charge in [-0.05, 0) is 61.2 Å². The molecule has 0 bridgehead atoms. The van der Waals surface area contributed by atoms with Crippen molar-refractivity contribution in [3.8, 4) is 23.0 Å². The summed E-state index contributed by atoms with van der Waals surface area (Å²) >= 11 is 0. The van der Waals surface area contributed by atoms with Crippen LogP contribution in [0.15, 0.2) is 30.3 Å². The molecular weight excluding hydrogens is 440 g/mol. The lowest BCUT2D eigenvalue weighted by Gasteiger charge is -2.18. The maximum atomic E-state index is 10.7. The summed E-state index contributed by atoms with van der Waals surface area (Å²) in [5.74, 6) is 1.94. The van der Waals surface area contributed by atoms with Crippen molar-refractivity contribution >= 4 is 5.97 Å². The summed E-state index contributed by atoms with van der Waals surface area (Å²) in [6.45, 7) is 10.7. The molecule has 0 radical (unpaired) electrons. The second kappa shape index (κ2) is 14.5. The van der Waals surface area contributed by atoms with E-state index in [-0.39, 0.29) is 12.5 Å². The fourth-order valence-corrected chi connectivity index (χ4v) is 3.27. The Balaban J connectivity index is 1.95. The van der Waals surface area contributed by atoms with Crippen molar-refractivity contribution in [2.45, 2.75) is 33.6 Å². The number of hydrogen-bond acceptors (Lipinski definition) is 7. The van der Waals surface area contributed by atoms with Crippen LogP contribution in [0.3, 0.4) is 0 Å². The Labute approximate surface area is 201 Å². The minimum Gasteiger partial charge on any atom is -0.491 e. The molecule has 2 rings (SSSR count). The van der Waals surface area contributed by atoms with Gasteiger partial charge in [-0.25, -0.2) is 4.79 Å². The predicted octanol–water partition coefficient (Wildman–Crippen LogP) is 4.74. The lowest BCUT2D eigenvalue weighted by Crippen LogP contribution is -2.13. The van der Waals surface area contributed by atoms with Crippen LogP contribution < -0.4 is 14.2 Å². The van der Waals surface area contributed by atoms with Crippen LogP contribution in [0.2, 0.25) is 0 Å². The number of methoxy groups -OCH3 is 1. The van der Waals surface area contributed by atoms with Gasteiger partial charge in [0, 0.05) is 12.7 Å². The Morgan fingerprint density at radius 3 is 2.06 bits per heavy atom. The van der Waals surface area contributed by atoms with E-state index in [1.807, 2.05) is 32.0 Å². The molecule has 0 fully saturated rings. The van der Waals surface area contributed by atoms with Crippen molar-refractivity contribution in [2.75, 3.05) is 53.4 Å². The Bertz CT molecular complexity index is 887. The van der Waals surface area contributed by atoms with Gasteiger partial charge < -0.3 is 33.5 Å². The standard InChI is InChI=1S/C26H36O8/c1-18(2)23-16-21(6-7-24(23)32-13-12-31-11-10-30-9-8-29-5)34-26-19(3)14-22(15-20(26)4)33-17-25(27)28/h6-7,14-16,18H,8-13,17H2,1-5H3,(H,27,28). The second-order valence-corrected chi connectivity index (χ2v) is 8.09. The summed E-state index contributed by atoms with van der Waals surface area (Å²) in [4.78, 5) is 10.7. The molecule has 8 heteroatoms. The smallest absolute Gasteiger partial charge is 0.341 e. The minimum atomic E-state index is -1.02. The van der Waals surface area contributed by atoms with E-state index >= 15 is 0 Å². The molecule has 34 heavy (non-hydrogen) atoms. The molecule has 0 spiro atoms. The number of aliphatic carboxylic acids is 1. The highest BCUT2D eigenvalue weighted by Crippen LogP contribution is 2.36. The number of carbonyl (C=O) groups is 1. The van der Waals surface area contributed by atoms with E-state index in [2.05, 4.69) is 13.8 Å². The summed E-state index contributed by atoms with van der Waals surface area (Å²) < 4.78 is 33.3. The first-order valence-electron chi connectivity index (χ1n) is 11.4. The molecule has 0 aliphatic carbocycles. The summed E-state index contributed by atoms with van der Waals surface area (Å²) in [7, 11) is 1.64. The molecule has 2 aromatic rings. The normalized spacial score (nSPS) is 11.0. The van der Waals surface area contributed by atoms with Gasteiger partial charge in [0.15, 0.2) is 6.61 Å². The molecule has 188 valence electrons. The van der Waals surface area contributed by atoms with Crippen molar-refractivity contribution in [1.29, 1.82) is 0 Å². The monoisotopic (exact) mass is 476 g/mol. The van der Waals surface area contributed by atoms with Crippen LogP contribution in [0, 0.1) is 13.8 Å². The van der Waals surface area contributed by atoms with Crippen LogP contribution in [-0.4, -0.2) is 64.4 Å². The zero-order valence-corrected chi connectivity index (χ0v) is 20.7. The topological polar surface area (TPSA) is 92.7 Å². The maximum absolute atomic E-state index is 10.7. The van der Waals surface area contributed by atoms with Gasteiger partial charge in [0.05, 0.1) is 33.0 Å². The van der Waals surface area contributed by atoms with Crippen molar-refractivity contribution in [2.24, 2.45) is 0 Å². The third-order valence-corrected chi connectivity index (χ3v) is 4.91. The fraction of sp³-hybridized carbons (Fsp3) is 0.500. The van der Waals surface area contributed by atoms with E-state index in [0.29, 0.717) is 56.9 Å². The van der Waals surface area contributed by atoms with Crippen LogP contribution in [0.25, 0.3) is 0 Å². The summed E-state index contributed by atoms with van der Waals surface area (Å²) in [6, 6.07) is 9.31. The summed E-state index contributed by atoms with van der Waals surface area (Å²) in [5, 5.41) is 8.81. The lowest BCUT2D eigenvalue weighted by atomic mass is 10.0. The summed E-state index contributed by atoms with van der Waals surface area (Å²) in [5.41, 5.74) is 2.75. The predicted molar refractivity (Wildman–Crippen MR) is 129 cm³/mol. The lowest BCUT2D eigenvalue weighted by molar-refractivity contribution is -0.139. The Hall–Kier alpha value is -2.81. The van der Waals surface area contributed by atoms with E-state index < -0.39 is 5.97 Å². The molecule has 8 nitrogen and oxygen atoms in total. The highest BCUT2D eigenvalue weighted by molar-refractivity contribution is 5.68. The van der Waals surface area contributed by atoms with Gasteiger partial charge in [-0.2, -0.15) is 0 Å². The molecule has 0 aliphatic heterocycles. The maximum Gasteiger partial charge on any atom is 0.341 e. The zero-order valence-electron chi connectivity index (χ0n) is 20.7. The van der Waals surface area contributed by atoms with Gasteiger partial charge in [-0.3, -0.25) is 0 Å². The van der Waals surface area contributed by atoms with Gasteiger partial charge in [0.25, 0.3) is 0 Å². The average molecular weight is 477 g/mol. The van der Waals surface area contributed by atoms with Crippen LogP contribution in [0.1, 0.15) is 36.5 Å². The zero-order chi connectivity index (χ0) is 24.9. The second-order valence-electron chi connectivity index (χ2n) is 8.09. The molecule has 0 unspecified atom stereocenters. The molecule has 1 N–H and O–H groups in total. The van der Waals surface area contributed by atoms with Crippen LogP contribution in [-0.2, 0) is 19.0 Å². The fourth-order valence-electron chi connectivity index (χ4n) is 3.27. The van der Waals surface area contributed by atoms with Crippen molar-refractivity contribution in [3.05, 3.63) is 47.0 Å². The number of aryl methyl sites for hydroxylation is 2. The highest BCUT2D eigenvalue weighted by Gasteiger charge is 2.13. The van der Waals surface area contributed by atoms with Crippen LogP contribution in [0.5, 0.6) is 23.0 Å². The molecule has 0 aliphatic rings. The third kappa shape index (κ3) is 9.21. The van der Waals surface area contributed by atoms with Gasteiger partial charge >= 0.3 is 5.97 Å². The molecule has 0 saturated heterocycles. The van der Waals surface area contributed by atoms with E-state index in [4.69, 9.17) is 33.5 Å². The molecule has 0 aromatic heterocycles. The Kier molecular flexibility index (Phi) is 11.7.